The Balaban J connectivity index is 1.53. The summed E-state index contributed by atoms with van der Waals surface area (Å²) in [4.78, 5) is 16.0. The van der Waals surface area contributed by atoms with E-state index in [1.54, 1.807) is 0 Å². The average Bonchev–Trinajstić information content (AvgIpc) is 2.84. The SMILES string of the molecule is CCOC(CC(C)C)OC(=O)COCCc1ccc([S+](c2ccccc2)c2ccccc2)cc1. The summed E-state index contributed by atoms with van der Waals surface area (Å²) in [6, 6.07) is 29.9. The maximum atomic E-state index is 12.1. The van der Waals surface area contributed by atoms with Crippen LogP contribution in [-0.4, -0.2) is 32.1 Å². The second-order valence-corrected chi connectivity index (χ2v) is 10.4. The van der Waals surface area contributed by atoms with Gasteiger partial charge in [-0.25, -0.2) is 4.79 Å². The monoisotopic (exact) mass is 479 g/mol. The van der Waals surface area contributed by atoms with Gasteiger partial charge in [0, 0.05) is 13.0 Å². The molecule has 4 nitrogen and oxygen atoms in total. The lowest BCUT2D eigenvalue weighted by Gasteiger charge is -2.19. The normalized spacial score (nSPS) is 12.1. The van der Waals surface area contributed by atoms with Crippen LogP contribution in [0.2, 0.25) is 0 Å². The highest BCUT2D eigenvalue weighted by Gasteiger charge is 2.28. The Labute approximate surface area is 206 Å². The van der Waals surface area contributed by atoms with Crippen LogP contribution < -0.4 is 0 Å². The Morgan fingerprint density at radius 2 is 1.38 bits per heavy atom. The van der Waals surface area contributed by atoms with Crippen molar-refractivity contribution in [2.45, 2.75) is 54.6 Å². The van der Waals surface area contributed by atoms with Gasteiger partial charge in [-0.05, 0) is 61.2 Å². The number of hydrogen-bond acceptors (Lipinski definition) is 4. The lowest BCUT2D eigenvalue weighted by Crippen LogP contribution is -2.26. The Hall–Kier alpha value is -2.60. The van der Waals surface area contributed by atoms with Crippen molar-refractivity contribution in [3.8, 4) is 0 Å². The predicted octanol–water partition coefficient (Wildman–Crippen LogP) is 6.29. The summed E-state index contributed by atoms with van der Waals surface area (Å²) in [5.41, 5.74) is 1.17. The third-order valence-electron chi connectivity index (χ3n) is 5.15. The summed E-state index contributed by atoms with van der Waals surface area (Å²) in [7, 11) is -0.153. The van der Waals surface area contributed by atoms with Crippen LogP contribution in [0.3, 0.4) is 0 Å². The molecule has 0 aromatic heterocycles. The van der Waals surface area contributed by atoms with Gasteiger partial charge in [-0.3, -0.25) is 0 Å². The van der Waals surface area contributed by atoms with Gasteiger partial charge in [-0.2, -0.15) is 0 Å². The molecule has 34 heavy (non-hydrogen) atoms. The largest absolute Gasteiger partial charge is 0.434 e. The molecule has 5 heteroatoms. The van der Waals surface area contributed by atoms with Crippen molar-refractivity contribution in [2.24, 2.45) is 5.92 Å². The molecular formula is C29H35O4S+. The van der Waals surface area contributed by atoms with Gasteiger partial charge in [0.1, 0.15) is 6.61 Å². The molecule has 0 aliphatic carbocycles. The van der Waals surface area contributed by atoms with E-state index in [-0.39, 0.29) is 23.5 Å². The first-order valence-corrected chi connectivity index (χ1v) is 13.1. The zero-order chi connectivity index (χ0) is 24.2. The Morgan fingerprint density at radius 3 is 1.91 bits per heavy atom. The van der Waals surface area contributed by atoms with Crippen molar-refractivity contribution in [3.05, 3.63) is 90.5 Å². The maximum absolute atomic E-state index is 12.1. The van der Waals surface area contributed by atoms with Crippen LogP contribution in [0.1, 0.15) is 32.8 Å². The molecule has 0 aliphatic heterocycles. The van der Waals surface area contributed by atoms with Gasteiger partial charge >= 0.3 is 5.97 Å². The second kappa shape index (κ2) is 14.0. The van der Waals surface area contributed by atoms with Crippen molar-refractivity contribution in [2.75, 3.05) is 19.8 Å². The zero-order valence-corrected chi connectivity index (χ0v) is 21.1. The third-order valence-corrected chi connectivity index (χ3v) is 7.38. The number of benzene rings is 3. The number of rotatable bonds is 13. The molecule has 0 saturated carbocycles. The molecule has 0 spiro atoms. The number of ether oxygens (including phenoxy) is 3. The number of carbonyl (C=O) groups excluding carboxylic acids is 1. The fraction of sp³-hybridized carbons (Fsp3) is 0.345. The minimum absolute atomic E-state index is 0.0643. The Kier molecular flexibility index (Phi) is 10.7. The standard InChI is InChI=1S/C29H35O4S/c1-4-32-29(21-23(2)3)33-28(30)22-31-20-19-24-15-17-27(18-16-24)34(25-11-7-5-8-12-25)26-13-9-6-10-14-26/h5-18,23,29H,4,19-22H2,1-3H3/q+1. The summed E-state index contributed by atoms with van der Waals surface area (Å²) in [6.07, 6.45) is 0.912. The first-order valence-electron chi connectivity index (χ1n) is 11.9. The topological polar surface area (TPSA) is 44.8 Å². The highest BCUT2D eigenvalue weighted by atomic mass is 32.2. The highest BCUT2D eigenvalue weighted by Crippen LogP contribution is 2.31. The maximum Gasteiger partial charge on any atom is 0.334 e. The van der Waals surface area contributed by atoms with E-state index in [0.29, 0.717) is 25.6 Å². The lowest BCUT2D eigenvalue weighted by atomic mass is 10.1. The van der Waals surface area contributed by atoms with E-state index in [1.807, 2.05) is 6.92 Å². The molecule has 0 radical (unpaired) electrons. The van der Waals surface area contributed by atoms with E-state index in [0.717, 1.165) is 6.42 Å². The van der Waals surface area contributed by atoms with Gasteiger partial charge in [-0.15, -0.1) is 0 Å². The molecule has 180 valence electrons. The molecule has 0 bridgehead atoms. The van der Waals surface area contributed by atoms with Gasteiger partial charge in [0.2, 0.25) is 6.29 Å². The molecule has 0 saturated heterocycles. The molecule has 3 aromatic carbocycles. The van der Waals surface area contributed by atoms with Crippen LogP contribution in [-0.2, 0) is 36.3 Å². The average molecular weight is 480 g/mol. The third kappa shape index (κ3) is 8.32. The van der Waals surface area contributed by atoms with Crippen molar-refractivity contribution in [1.82, 2.24) is 0 Å². The molecule has 0 fully saturated rings. The van der Waals surface area contributed by atoms with Crippen LogP contribution in [0.25, 0.3) is 0 Å². The first kappa shape index (κ1) is 26.0. The van der Waals surface area contributed by atoms with Crippen molar-refractivity contribution in [3.63, 3.8) is 0 Å². The molecule has 0 aliphatic rings. The second-order valence-electron chi connectivity index (χ2n) is 8.38. The first-order chi connectivity index (χ1) is 16.6. The molecule has 1 unspecified atom stereocenters. The van der Waals surface area contributed by atoms with Crippen LogP contribution >= 0.6 is 0 Å². The highest BCUT2D eigenvalue weighted by molar-refractivity contribution is 7.97. The molecule has 0 N–H and O–H groups in total. The van der Waals surface area contributed by atoms with Gasteiger partial charge < -0.3 is 14.2 Å². The Bertz CT molecular complexity index is 935. The summed E-state index contributed by atoms with van der Waals surface area (Å²) >= 11 is 0. The van der Waals surface area contributed by atoms with Gasteiger partial charge in [-0.1, -0.05) is 62.4 Å². The molecule has 3 rings (SSSR count). The summed E-state index contributed by atoms with van der Waals surface area (Å²) < 4.78 is 16.5. The quantitative estimate of drug-likeness (QED) is 0.125. The van der Waals surface area contributed by atoms with E-state index < -0.39 is 6.29 Å². The van der Waals surface area contributed by atoms with E-state index in [2.05, 4.69) is 98.8 Å². The predicted molar refractivity (Wildman–Crippen MR) is 137 cm³/mol. The summed E-state index contributed by atoms with van der Waals surface area (Å²) in [6.45, 7) is 6.95. The van der Waals surface area contributed by atoms with Crippen LogP contribution in [0, 0.1) is 5.92 Å². The molecule has 3 aromatic rings. The van der Waals surface area contributed by atoms with E-state index in [1.165, 1.54) is 20.2 Å². The van der Waals surface area contributed by atoms with Crippen LogP contribution in [0.15, 0.2) is 99.6 Å². The molecule has 1 atom stereocenters. The Morgan fingerprint density at radius 1 is 0.824 bits per heavy atom. The van der Waals surface area contributed by atoms with Crippen molar-refractivity contribution in [1.29, 1.82) is 0 Å². The zero-order valence-electron chi connectivity index (χ0n) is 20.3. The van der Waals surface area contributed by atoms with Gasteiger partial charge in [0.05, 0.1) is 17.5 Å². The van der Waals surface area contributed by atoms with Crippen LogP contribution in [0.4, 0.5) is 0 Å². The number of hydrogen-bond donors (Lipinski definition) is 0. The molecule has 0 amide bonds. The van der Waals surface area contributed by atoms with Gasteiger partial charge in [0.25, 0.3) is 0 Å². The minimum Gasteiger partial charge on any atom is -0.434 e. The lowest BCUT2D eigenvalue weighted by molar-refractivity contribution is -0.185. The van der Waals surface area contributed by atoms with E-state index >= 15 is 0 Å². The van der Waals surface area contributed by atoms with Gasteiger partial charge in [0.15, 0.2) is 14.7 Å². The summed E-state index contributed by atoms with van der Waals surface area (Å²) in [5.74, 6) is 0.00134. The fourth-order valence-corrected chi connectivity index (χ4v) is 5.64. The minimum atomic E-state index is -0.503. The molecule has 0 heterocycles. The fourth-order valence-electron chi connectivity index (χ4n) is 3.56. The van der Waals surface area contributed by atoms with Crippen molar-refractivity contribution >= 4 is 16.9 Å². The van der Waals surface area contributed by atoms with E-state index in [4.69, 9.17) is 14.2 Å². The summed E-state index contributed by atoms with van der Waals surface area (Å²) in [5, 5.41) is 0. The molecular weight excluding hydrogens is 444 g/mol. The van der Waals surface area contributed by atoms with E-state index in [9.17, 15) is 4.79 Å². The van der Waals surface area contributed by atoms with Crippen molar-refractivity contribution < 1.29 is 19.0 Å². The van der Waals surface area contributed by atoms with Crippen LogP contribution in [0.5, 0.6) is 0 Å². The number of carbonyl (C=O) groups is 1. The smallest absolute Gasteiger partial charge is 0.334 e. The number of esters is 1.